The fraction of sp³-hybridized carbons (Fsp3) is 0.619. The number of aromatic nitrogens is 1. The first-order valence-electron chi connectivity index (χ1n) is 10.7. The molecule has 162 valence electrons. The Morgan fingerprint density at radius 1 is 1.07 bits per heavy atom. The molecule has 0 aromatic carbocycles. The summed E-state index contributed by atoms with van der Waals surface area (Å²) in [5.74, 6) is -0.644. The largest absolute Gasteiger partial charge is 0.481 e. The zero-order chi connectivity index (χ0) is 21.1. The summed E-state index contributed by atoms with van der Waals surface area (Å²) in [7, 11) is 0. The Hall–Kier alpha value is -2.13. The summed E-state index contributed by atoms with van der Waals surface area (Å²) in [4.78, 5) is 41.3. The minimum Gasteiger partial charge on any atom is -0.481 e. The second-order valence-electron chi connectivity index (χ2n) is 8.29. The lowest BCUT2D eigenvalue weighted by molar-refractivity contribution is -0.143. The van der Waals surface area contributed by atoms with Crippen molar-refractivity contribution in [2.45, 2.75) is 49.7 Å². The molecule has 9 heteroatoms. The number of rotatable bonds is 5. The quantitative estimate of drug-likeness (QED) is 0.538. The predicted molar refractivity (Wildman–Crippen MR) is 114 cm³/mol. The Morgan fingerprint density at radius 2 is 1.80 bits per heavy atom. The normalized spacial score (nSPS) is 24.7. The molecule has 8 nitrogen and oxygen atoms in total. The summed E-state index contributed by atoms with van der Waals surface area (Å²) >= 11 is 1.90. The number of anilines is 1. The number of nitrogens with one attached hydrogen (secondary N) is 1. The van der Waals surface area contributed by atoms with Gasteiger partial charge in [0.05, 0.1) is 11.8 Å². The lowest BCUT2D eigenvalue weighted by Crippen LogP contribution is -2.39. The first-order valence-corrected chi connectivity index (χ1v) is 11.5. The Kier molecular flexibility index (Phi) is 6.58. The van der Waals surface area contributed by atoms with Crippen LogP contribution in [0.5, 0.6) is 0 Å². The Labute approximate surface area is 180 Å². The van der Waals surface area contributed by atoms with E-state index in [0.717, 1.165) is 63.2 Å². The van der Waals surface area contributed by atoms with Gasteiger partial charge in [0.2, 0.25) is 11.8 Å². The Bertz CT molecular complexity index is 787. The molecule has 3 saturated heterocycles. The maximum absolute atomic E-state index is 12.0. The summed E-state index contributed by atoms with van der Waals surface area (Å²) < 4.78 is 2.34. The summed E-state index contributed by atoms with van der Waals surface area (Å²) in [6.45, 7) is 3.58. The van der Waals surface area contributed by atoms with Crippen LogP contribution in [0.3, 0.4) is 0 Å². The average molecular weight is 433 g/mol. The second-order valence-corrected chi connectivity index (χ2v) is 9.68. The van der Waals surface area contributed by atoms with Crippen LogP contribution in [0.4, 0.5) is 5.82 Å². The van der Waals surface area contributed by atoms with E-state index in [1.807, 2.05) is 24.1 Å². The van der Waals surface area contributed by atoms with Gasteiger partial charge in [-0.05, 0) is 43.7 Å². The number of carbonyl (C=O) groups is 3. The van der Waals surface area contributed by atoms with Crippen molar-refractivity contribution in [3.63, 3.8) is 0 Å². The highest BCUT2D eigenvalue weighted by Gasteiger charge is 2.30. The lowest BCUT2D eigenvalue weighted by atomic mass is 9.92. The second kappa shape index (κ2) is 9.34. The van der Waals surface area contributed by atoms with Crippen LogP contribution in [-0.2, 0) is 14.4 Å². The van der Waals surface area contributed by atoms with Crippen LogP contribution in [0.15, 0.2) is 18.3 Å². The topological polar surface area (TPSA) is 103 Å². The molecule has 0 radical (unpaired) electrons. The molecule has 2 N–H and O–H groups in total. The van der Waals surface area contributed by atoms with Gasteiger partial charge in [-0.2, -0.15) is 0 Å². The van der Waals surface area contributed by atoms with E-state index in [-0.39, 0.29) is 23.7 Å². The molecule has 30 heavy (non-hydrogen) atoms. The van der Waals surface area contributed by atoms with E-state index in [0.29, 0.717) is 18.1 Å². The number of hydrogen-bond donors (Lipinski definition) is 2. The van der Waals surface area contributed by atoms with Gasteiger partial charge >= 0.3 is 5.97 Å². The fourth-order valence-corrected chi connectivity index (χ4v) is 5.68. The van der Waals surface area contributed by atoms with Gasteiger partial charge in [-0.15, -0.1) is 0 Å². The number of pyridine rings is 1. The van der Waals surface area contributed by atoms with Gasteiger partial charge in [0.15, 0.2) is 0 Å². The van der Waals surface area contributed by atoms with Gasteiger partial charge in [-0.3, -0.25) is 24.0 Å². The number of aliphatic carboxylic acids is 1. The van der Waals surface area contributed by atoms with Gasteiger partial charge in [0, 0.05) is 44.0 Å². The summed E-state index contributed by atoms with van der Waals surface area (Å²) in [5, 5.41) is 12.1. The molecule has 0 saturated carbocycles. The standard InChI is InChI=1S/C21H28N4O4S/c26-19-4-2-17(20(27)23-19)15-1-3-18(22-13-15)24-9-7-16(8-10-24)30-25-11-5-14(6-12-25)21(28)29/h1,3,13-14,16-17H,2,4-12H2,(H,28,29)(H,23,26,27). The third-order valence-corrected chi connectivity index (χ3v) is 7.71. The number of imide groups is 1. The van der Waals surface area contributed by atoms with Gasteiger partial charge in [-0.1, -0.05) is 18.0 Å². The molecule has 4 rings (SSSR count). The molecule has 0 bridgehead atoms. The molecule has 1 aromatic heterocycles. The summed E-state index contributed by atoms with van der Waals surface area (Å²) in [6, 6.07) is 3.93. The minimum absolute atomic E-state index is 0.182. The van der Waals surface area contributed by atoms with Gasteiger partial charge in [0.1, 0.15) is 5.82 Å². The predicted octanol–water partition coefficient (Wildman–Crippen LogP) is 2.02. The average Bonchev–Trinajstić information content (AvgIpc) is 2.75. The van der Waals surface area contributed by atoms with E-state index in [1.165, 1.54) is 0 Å². The van der Waals surface area contributed by atoms with Crippen LogP contribution < -0.4 is 10.2 Å². The van der Waals surface area contributed by atoms with E-state index in [1.54, 1.807) is 6.20 Å². The summed E-state index contributed by atoms with van der Waals surface area (Å²) in [5.41, 5.74) is 0.860. The van der Waals surface area contributed by atoms with Crippen LogP contribution in [0.1, 0.15) is 50.0 Å². The minimum atomic E-state index is -0.663. The molecule has 1 unspecified atom stereocenters. The number of carbonyl (C=O) groups excluding carboxylic acids is 2. The molecule has 0 spiro atoms. The molecule has 3 aliphatic heterocycles. The van der Waals surface area contributed by atoms with E-state index >= 15 is 0 Å². The van der Waals surface area contributed by atoms with Crippen molar-refractivity contribution >= 4 is 35.5 Å². The SMILES string of the molecule is O=C1CCC(c2ccc(N3CCC(SN4CCC(C(=O)O)CC4)CC3)nc2)C(=O)N1. The van der Waals surface area contributed by atoms with E-state index < -0.39 is 5.97 Å². The van der Waals surface area contributed by atoms with Crippen LogP contribution in [0.2, 0.25) is 0 Å². The highest BCUT2D eigenvalue weighted by molar-refractivity contribution is 7.97. The van der Waals surface area contributed by atoms with Crippen molar-refractivity contribution < 1.29 is 19.5 Å². The number of carboxylic acid groups (broad SMARTS) is 1. The summed E-state index contributed by atoms with van der Waals surface area (Å²) in [6.07, 6.45) is 6.30. The molecule has 0 aliphatic carbocycles. The number of carboxylic acids is 1. The fourth-order valence-electron chi connectivity index (χ4n) is 4.41. The van der Waals surface area contributed by atoms with Crippen molar-refractivity contribution in [3.05, 3.63) is 23.9 Å². The van der Waals surface area contributed by atoms with Crippen LogP contribution in [0, 0.1) is 5.92 Å². The lowest BCUT2D eigenvalue weighted by Gasteiger charge is -2.36. The smallest absolute Gasteiger partial charge is 0.306 e. The monoisotopic (exact) mass is 432 g/mol. The van der Waals surface area contributed by atoms with Crippen molar-refractivity contribution in [2.75, 3.05) is 31.1 Å². The van der Waals surface area contributed by atoms with Crippen molar-refractivity contribution in [1.29, 1.82) is 0 Å². The first-order chi connectivity index (χ1) is 14.5. The van der Waals surface area contributed by atoms with Gasteiger partial charge in [0.25, 0.3) is 0 Å². The number of amides is 2. The van der Waals surface area contributed by atoms with Crippen LogP contribution in [0.25, 0.3) is 0 Å². The highest BCUT2D eigenvalue weighted by atomic mass is 32.2. The molecule has 3 fully saturated rings. The first kappa shape index (κ1) is 21.1. The zero-order valence-electron chi connectivity index (χ0n) is 17.0. The Balaban J connectivity index is 1.25. The van der Waals surface area contributed by atoms with Crippen molar-refractivity contribution in [1.82, 2.24) is 14.6 Å². The number of piperidine rings is 3. The van der Waals surface area contributed by atoms with Crippen molar-refractivity contribution in [2.24, 2.45) is 5.92 Å². The van der Waals surface area contributed by atoms with E-state index in [9.17, 15) is 14.4 Å². The third-order valence-electron chi connectivity index (χ3n) is 6.28. The molecule has 2 amide bonds. The molecular formula is C21H28N4O4S. The Morgan fingerprint density at radius 3 is 2.40 bits per heavy atom. The molecule has 1 atom stereocenters. The molecule has 1 aromatic rings. The molecule has 4 heterocycles. The zero-order valence-corrected chi connectivity index (χ0v) is 17.8. The maximum Gasteiger partial charge on any atom is 0.306 e. The molecular weight excluding hydrogens is 404 g/mol. The third kappa shape index (κ3) is 4.95. The van der Waals surface area contributed by atoms with Crippen LogP contribution in [-0.4, -0.2) is 63.6 Å². The van der Waals surface area contributed by atoms with Gasteiger partial charge in [-0.25, -0.2) is 4.98 Å². The molecule has 3 aliphatic rings. The van der Waals surface area contributed by atoms with Gasteiger partial charge < -0.3 is 10.0 Å². The number of hydrogen-bond acceptors (Lipinski definition) is 7. The van der Waals surface area contributed by atoms with Crippen molar-refractivity contribution in [3.8, 4) is 0 Å². The highest BCUT2D eigenvalue weighted by Crippen LogP contribution is 2.32. The maximum atomic E-state index is 12.0. The number of nitrogens with zero attached hydrogens (tertiary/aromatic N) is 3. The van der Waals surface area contributed by atoms with E-state index in [2.05, 4.69) is 19.5 Å². The van der Waals surface area contributed by atoms with Crippen LogP contribution >= 0.6 is 11.9 Å². The van der Waals surface area contributed by atoms with E-state index in [4.69, 9.17) is 5.11 Å².